The Morgan fingerprint density at radius 1 is 1.00 bits per heavy atom. The molecule has 0 aromatic heterocycles. The number of hydrogen-bond acceptors (Lipinski definition) is 3. The molecular weight excluding hydrogens is 511 g/mol. The molecule has 0 aliphatic carbocycles. The van der Waals surface area contributed by atoms with Gasteiger partial charge in [0.25, 0.3) is 10.0 Å². The van der Waals surface area contributed by atoms with E-state index in [2.05, 4.69) is 21.2 Å². The maximum absolute atomic E-state index is 13.4. The number of sulfonamides is 1. The molecule has 0 spiro atoms. The Kier molecular flexibility index (Phi) is 7.08. The summed E-state index contributed by atoms with van der Waals surface area (Å²) in [5.41, 5.74) is 1.64. The number of halogens is 3. The number of amides is 1. The summed E-state index contributed by atoms with van der Waals surface area (Å²) in [7, 11) is -4.05. The average molecular weight is 528 g/mol. The number of nitrogens with zero attached hydrogens (tertiary/aromatic N) is 1. The van der Waals surface area contributed by atoms with Crippen LogP contribution in [0, 0.1) is 6.92 Å². The second kappa shape index (κ2) is 9.39. The third-order valence-corrected chi connectivity index (χ3v) is 6.86. The third kappa shape index (κ3) is 5.55. The van der Waals surface area contributed by atoms with Crippen molar-refractivity contribution in [2.24, 2.45) is 0 Å². The lowest BCUT2D eigenvalue weighted by molar-refractivity contribution is -0.114. The highest BCUT2D eigenvalue weighted by atomic mass is 79.9. The Balaban J connectivity index is 1.99. The monoisotopic (exact) mass is 526 g/mol. The van der Waals surface area contributed by atoms with Crippen LogP contribution in [0.2, 0.25) is 10.0 Å². The van der Waals surface area contributed by atoms with Gasteiger partial charge in [-0.05, 0) is 55.5 Å². The summed E-state index contributed by atoms with van der Waals surface area (Å²) in [5, 5.41) is 3.22. The van der Waals surface area contributed by atoms with E-state index in [4.69, 9.17) is 23.2 Å². The molecule has 1 N–H and O–H groups in total. The zero-order chi connectivity index (χ0) is 21.9. The highest BCUT2D eigenvalue weighted by molar-refractivity contribution is 9.10. The van der Waals surface area contributed by atoms with Gasteiger partial charge in [0.2, 0.25) is 5.91 Å². The van der Waals surface area contributed by atoms with Crippen LogP contribution in [0.3, 0.4) is 0 Å². The van der Waals surface area contributed by atoms with Gasteiger partial charge in [-0.25, -0.2) is 8.42 Å². The first-order valence-corrected chi connectivity index (χ1v) is 11.7. The maximum Gasteiger partial charge on any atom is 0.264 e. The minimum Gasteiger partial charge on any atom is -0.324 e. The standard InChI is InChI=1S/C21H17BrCl2N2O3S/c1-14-5-7-20(8-6-14)30(28,29)26(19-11-16(23)10-17(24)12-19)13-21(27)25-18-4-2-3-15(22)9-18/h2-12H,13H2,1H3,(H,25,27). The second-order valence-electron chi connectivity index (χ2n) is 6.51. The molecule has 0 saturated carbocycles. The van der Waals surface area contributed by atoms with Crippen LogP contribution in [0.25, 0.3) is 0 Å². The first-order chi connectivity index (χ1) is 14.1. The van der Waals surface area contributed by atoms with Crippen LogP contribution in [0.1, 0.15) is 5.56 Å². The highest BCUT2D eigenvalue weighted by Crippen LogP contribution is 2.30. The minimum atomic E-state index is -4.05. The van der Waals surface area contributed by atoms with E-state index in [9.17, 15) is 13.2 Å². The Morgan fingerprint density at radius 2 is 1.63 bits per heavy atom. The quantitative estimate of drug-likeness (QED) is 0.434. The summed E-state index contributed by atoms with van der Waals surface area (Å²) >= 11 is 15.5. The first kappa shape index (κ1) is 22.6. The summed E-state index contributed by atoms with van der Waals surface area (Å²) in [6, 6.07) is 17.8. The molecule has 0 saturated heterocycles. The van der Waals surface area contributed by atoms with E-state index in [1.54, 1.807) is 30.3 Å². The number of aryl methyl sites for hydroxylation is 1. The van der Waals surface area contributed by atoms with Crippen LogP contribution < -0.4 is 9.62 Å². The van der Waals surface area contributed by atoms with E-state index in [1.165, 1.54) is 30.3 Å². The molecule has 0 heterocycles. The van der Waals surface area contributed by atoms with Gasteiger partial charge in [-0.3, -0.25) is 9.10 Å². The Hall–Kier alpha value is -2.06. The number of rotatable bonds is 6. The SMILES string of the molecule is Cc1ccc(S(=O)(=O)N(CC(=O)Nc2cccc(Br)c2)c2cc(Cl)cc(Cl)c2)cc1. The largest absolute Gasteiger partial charge is 0.324 e. The molecule has 5 nitrogen and oxygen atoms in total. The highest BCUT2D eigenvalue weighted by Gasteiger charge is 2.28. The van der Waals surface area contributed by atoms with Crippen molar-refractivity contribution in [3.8, 4) is 0 Å². The van der Waals surface area contributed by atoms with Crippen molar-refractivity contribution in [2.75, 3.05) is 16.2 Å². The van der Waals surface area contributed by atoms with E-state index >= 15 is 0 Å². The number of benzene rings is 3. The second-order valence-corrected chi connectivity index (χ2v) is 10.2. The molecule has 3 rings (SSSR count). The van der Waals surface area contributed by atoms with E-state index in [0.29, 0.717) is 5.69 Å². The maximum atomic E-state index is 13.4. The van der Waals surface area contributed by atoms with Crippen LogP contribution >= 0.6 is 39.1 Å². The van der Waals surface area contributed by atoms with Gasteiger partial charge in [0.1, 0.15) is 6.54 Å². The lowest BCUT2D eigenvalue weighted by Gasteiger charge is -2.24. The summed E-state index contributed by atoms with van der Waals surface area (Å²) in [6.07, 6.45) is 0. The van der Waals surface area contributed by atoms with Gasteiger partial charge in [-0.1, -0.05) is 62.9 Å². The fraction of sp³-hybridized carbons (Fsp3) is 0.0952. The van der Waals surface area contributed by atoms with Crippen molar-refractivity contribution in [3.63, 3.8) is 0 Å². The van der Waals surface area contributed by atoms with Gasteiger partial charge in [0.05, 0.1) is 10.6 Å². The van der Waals surface area contributed by atoms with Crippen molar-refractivity contribution < 1.29 is 13.2 Å². The van der Waals surface area contributed by atoms with Gasteiger partial charge in [-0.2, -0.15) is 0 Å². The molecule has 30 heavy (non-hydrogen) atoms. The number of nitrogens with one attached hydrogen (secondary N) is 1. The van der Waals surface area contributed by atoms with Crippen LogP contribution in [-0.4, -0.2) is 20.9 Å². The molecule has 156 valence electrons. The Bertz CT molecular complexity index is 1160. The Morgan fingerprint density at radius 3 is 2.23 bits per heavy atom. The Labute approximate surface area is 193 Å². The van der Waals surface area contributed by atoms with Crippen molar-refractivity contribution >= 4 is 66.4 Å². The number of hydrogen-bond donors (Lipinski definition) is 1. The van der Waals surface area contributed by atoms with Crippen LogP contribution in [0.4, 0.5) is 11.4 Å². The van der Waals surface area contributed by atoms with Gasteiger partial charge in [-0.15, -0.1) is 0 Å². The third-order valence-electron chi connectivity index (χ3n) is 4.14. The van der Waals surface area contributed by atoms with Crippen molar-refractivity contribution in [1.82, 2.24) is 0 Å². The predicted molar refractivity (Wildman–Crippen MR) is 125 cm³/mol. The molecule has 9 heteroatoms. The molecule has 0 atom stereocenters. The van der Waals surface area contributed by atoms with Crippen LogP contribution in [0.5, 0.6) is 0 Å². The van der Waals surface area contributed by atoms with Gasteiger partial charge in [0, 0.05) is 20.2 Å². The molecule has 0 radical (unpaired) electrons. The topological polar surface area (TPSA) is 66.5 Å². The van der Waals surface area contributed by atoms with Crippen LogP contribution in [0.15, 0.2) is 76.1 Å². The van der Waals surface area contributed by atoms with Crippen molar-refractivity contribution in [3.05, 3.63) is 86.8 Å². The zero-order valence-corrected chi connectivity index (χ0v) is 19.7. The number of carbonyl (C=O) groups is 1. The van der Waals surface area contributed by atoms with Gasteiger partial charge in [0.15, 0.2) is 0 Å². The molecule has 0 bridgehead atoms. The van der Waals surface area contributed by atoms with Crippen molar-refractivity contribution in [1.29, 1.82) is 0 Å². The van der Waals surface area contributed by atoms with Crippen molar-refractivity contribution in [2.45, 2.75) is 11.8 Å². The van der Waals surface area contributed by atoms with E-state index in [-0.39, 0.29) is 20.6 Å². The average Bonchev–Trinajstić information content (AvgIpc) is 2.65. The lowest BCUT2D eigenvalue weighted by atomic mass is 10.2. The number of carbonyl (C=O) groups excluding carboxylic acids is 1. The number of anilines is 2. The zero-order valence-electron chi connectivity index (χ0n) is 15.8. The first-order valence-electron chi connectivity index (χ1n) is 8.76. The van der Waals surface area contributed by atoms with Gasteiger partial charge >= 0.3 is 0 Å². The summed E-state index contributed by atoms with van der Waals surface area (Å²) < 4.78 is 28.5. The molecule has 0 unspecified atom stereocenters. The molecule has 3 aromatic carbocycles. The van der Waals surface area contributed by atoms with Gasteiger partial charge < -0.3 is 5.32 Å². The molecule has 0 aliphatic heterocycles. The predicted octanol–water partition coefficient (Wildman–Crippen LogP) is 5.90. The normalized spacial score (nSPS) is 11.2. The summed E-state index contributed by atoms with van der Waals surface area (Å²) in [6.45, 7) is 1.40. The molecular formula is C21H17BrCl2N2O3S. The summed E-state index contributed by atoms with van der Waals surface area (Å²) in [4.78, 5) is 12.8. The van der Waals surface area contributed by atoms with E-state index in [0.717, 1.165) is 14.3 Å². The smallest absolute Gasteiger partial charge is 0.264 e. The van der Waals surface area contributed by atoms with E-state index in [1.807, 2.05) is 13.0 Å². The molecule has 0 aliphatic rings. The lowest BCUT2D eigenvalue weighted by Crippen LogP contribution is -2.38. The molecule has 1 amide bonds. The summed E-state index contributed by atoms with van der Waals surface area (Å²) in [5.74, 6) is -0.514. The minimum absolute atomic E-state index is 0.0550. The molecule has 0 fully saturated rings. The fourth-order valence-electron chi connectivity index (χ4n) is 2.73. The van der Waals surface area contributed by atoms with Crippen LogP contribution in [-0.2, 0) is 14.8 Å². The molecule has 3 aromatic rings. The van der Waals surface area contributed by atoms with E-state index < -0.39 is 22.5 Å². The fourth-order valence-corrected chi connectivity index (χ4v) is 5.05.